The zero-order chi connectivity index (χ0) is 19.7. The van der Waals surface area contributed by atoms with Gasteiger partial charge in [0, 0.05) is 17.8 Å². The second kappa shape index (κ2) is 7.55. The summed E-state index contributed by atoms with van der Waals surface area (Å²) in [6.07, 6.45) is 0.883. The van der Waals surface area contributed by atoms with Crippen molar-refractivity contribution in [3.05, 3.63) is 54.1 Å². The van der Waals surface area contributed by atoms with Gasteiger partial charge in [0.1, 0.15) is 5.75 Å². The number of nitrogen functional groups attached to an aromatic ring is 1. The van der Waals surface area contributed by atoms with E-state index in [9.17, 15) is 4.79 Å². The molecule has 4 rings (SSSR count). The van der Waals surface area contributed by atoms with Crippen molar-refractivity contribution in [1.82, 2.24) is 14.9 Å². The maximum absolute atomic E-state index is 13.0. The van der Waals surface area contributed by atoms with Gasteiger partial charge in [0.05, 0.1) is 12.4 Å². The molecule has 1 amide bonds. The first kappa shape index (κ1) is 18.4. The van der Waals surface area contributed by atoms with E-state index >= 15 is 0 Å². The van der Waals surface area contributed by atoms with E-state index in [2.05, 4.69) is 16.3 Å². The summed E-state index contributed by atoms with van der Waals surface area (Å²) in [7, 11) is 1.62. The van der Waals surface area contributed by atoms with E-state index in [1.165, 1.54) is 22.0 Å². The summed E-state index contributed by atoms with van der Waals surface area (Å²) in [6.45, 7) is 2.57. The number of thioether (sulfide) groups is 1. The Kier molecular flexibility index (Phi) is 4.95. The van der Waals surface area contributed by atoms with Crippen LogP contribution in [0.2, 0.25) is 0 Å². The maximum Gasteiger partial charge on any atom is 0.240 e. The molecule has 0 spiro atoms. The van der Waals surface area contributed by atoms with Gasteiger partial charge in [-0.15, -0.1) is 10.2 Å². The van der Waals surface area contributed by atoms with Crippen LogP contribution in [0.1, 0.15) is 12.5 Å². The van der Waals surface area contributed by atoms with Gasteiger partial charge in [-0.2, -0.15) is 0 Å². The molecule has 0 saturated heterocycles. The lowest BCUT2D eigenvalue weighted by atomic mass is 10.2. The van der Waals surface area contributed by atoms with Crippen LogP contribution in [0.25, 0.3) is 11.4 Å². The standard InChI is InChI=1S/C20H21N5O2S/c1-13(19(26)24-12-11-14-5-3-4-6-17(14)24)28-20-23-22-18(25(20)21)15-7-9-16(27-2)10-8-15/h3-10,13H,11-12,21H2,1-2H3. The molecule has 144 valence electrons. The lowest BCUT2D eigenvalue weighted by molar-refractivity contribution is -0.117. The molecule has 28 heavy (non-hydrogen) atoms. The number of carbonyl (C=O) groups excluding carboxylic acids is 1. The van der Waals surface area contributed by atoms with Crippen LogP contribution in [-0.2, 0) is 11.2 Å². The first-order valence-electron chi connectivity index (χ1n) is 8.99. The number of fused-ring (bicyclic) bond motifs is 1. The molecule has 1 aliphatic rings. The van der Waals surface area contributed by atoms with Crippen molar-refractivity contribution in [2.24, 2.45) is 0 Å². The van der Waals surface area contributed by atoms with Gasteiger partial charge < -0.3 is 15.5 Å². The van der Waals surface area contributed by atoms with Crippen LogP contribution in [-0.4, -0.2) is 39.7 Å². The average Bonchev–Trinajstić information content (AvgIpc) is 3.31. The van der Waals surface area contributed by atoms with Crippen LogP contribution in [0.3, 0.4) is 0 Å². The number of rotatable bonds is 5. The van der Waals surface area contributed by atoms with Gasteiger partial charge >= 0.3 is 0 Å². The molecule has 8 heteroatoms. The Labute approximate surface area is 167 Å². The quantitative estimate of drug-likeness (QED) is 0.528. The minimum Gasteiger partial charge on any atom is -0.497 e. The molecule has 0 saturated carbocycles. The van der Waals surface area contributed by atoms with Crippen molar-refractivity contribution in [2.75, 3.05) is 24.4 Å². The Morgan fingerprint density at radius 1 is 1.18 bits per heavy atom. The number of anilines is 1. The highest BCUT2D eigenvalue weighted by molar-refractivity contribution is 8.00. The summed E-state index contributed by atoms with van der Waals surface area (Å²) < 4.78 is 6.60. The fourth-order valence-corrected chi connectivity index (χ4v) is 4.12. The van der Waals surface area contributed by atoms with E-state index < -0.39 is 0 Å². The molecular weight excluding hydrogens is 374 g/mol. The van der Waals surface area contributed by atoms with Gasteiger partial charge in [0.25, 0.3) is 0 Å². The van der Waals surface area contributed by atoms with E-state index in [1.807, 2.05) is 54.3 Å². The molecule has 3 aromatic rings. The molecule has 2 heterocycles. The average molecular weight is 395 g/mol. The van der Waals surface area contributed by atoms with E-state index in [0.717, 1.165) is 23.4 Å². The van der Waals surface area contributed by atoms with Crippen molar-refractivity contribution in [2.45, 2.75) is 23.8 Å². The lowest BCUT2D eigenvalue weighted by Crippen LogP contribution is -2.35. The Hall–Kier alpha value is -3.00. The van der Waals surface area contributed by atoms with E-state index in [0.29, 0.717) is 17.5 Å². The topological polar surface area (TPSA) is 86.3 Å². The normalized spacial score (nSPS) is 14.0. The third kappa shape index (κ3) is 3.31. The summed E-state index contributed by atoms with van der Waals surface area (Å²) in [4.78, 5) is 14.8. The Morgan fingerprint density at radius 2 is 1.93 bits per heavy atom. The highest BCUT2D eigenvalue weighted by Gasteiger charge is 2.29. The summed E-state index contributed by atoms with van der Waals surface area (Å²) in [5.41, 5.74) is 3.03. The van der Waals surface area contributed by atoms with Crippen molar-refractivity contribution in [3.63, 3.8) is 0 Å². The van der Waals surface area contributed by atoms with Gasteiger partial charge in [0.2, 0.25) is 11.1 Å². The highest BCUT2D eigenvalue weighted by atomic mass is 32.2. The monoisotopic (exact) mass is 395 g/mol. The fraction of sp³-hybridized carbons (Fsp3) is 0.250. The molecule has 1 aliphatic heterocycles. The van der Waals surface area contributed by atoms with Gasteiger partial charge in [-0.1, -0.05) is 30.0 Å². The molecule has 0 fully saturated rings. The van der Waals surface area contributed by atoms with Crippen LogP contribution < -0.4 is 15.5 Å². The van der Waals surface area contributed by atoms with Crippen LogP contribution >= 0.6 is 11.8 Å². The minimum absolute atomic E-state index is 0.0453. The number of hydrogen-bond acceptors (Lipinski definition) is 6. The first-order valence-corrected chi connectivity index (χ1v) is 9.87. The van der Waals surface area contributed by atoms with Gasteiger partial charge in [-0.3, -0.25) is 4.79 Å². The van der Waals surface area contributed by atoms with Gasteiger partial charge in [-0.05, 0) is 49.2 Å². The predicted octanol–water partition coefficient (Wildman–Crippen LogP) is 2.74. The molecule has 7 nitrogen and oxygen atoms in total. The number of amides is 1. The zero-order valence-corrected chi connectivity index (χ0v) is 16.5. The molecule has 1 unspecified atom stereocenters. The fourth-order valence-electron chi connectivity index (χ4n) is 3.29. The Morgan fingerprint density at radius 3 is 2.68 bits per heavy atom. The number of nitrogens with two attached hydrogens (primary N) is 1. The molecule has 0 bridgehead atoms. The van der Waals surface area contributed by atoms with E-state index in [1.54, 1.807) is 7.11 Å². The number of benzene rings is 2. The smallest absolute Gasteiger partial charge is 0.240 e. The van der Waals surface area contributed by atoms with Crippen LogP contribution in [0.15, 0.2) is 53.7 Å². The summed E-state index contributed by atoms with van der Waals surface area (Å²) >= 11 is 1.31. The summed E-state index contributed by atoms with van der Waals surface area (Å²) in [6, 6.07) is 15.4. The Bertz CT molecular complexity index is 1000. The maximum atomic E-state index is 13.0. The zero-order valence-electron chi connectivity index (χ0n) is 15.7. The number of nitrogens with zero attached hydrogens (tertiary/aromatic N) is 4. The van der Waals surface area contributed by atoms with E-state index in [-0.39, 0.29) is 11.2 Å². The predicted molar refractivity (Wildman–Crippen MR) is 110 cm³/mol. The lowest BCUT2D eigenvalue weighted by Gasteiger charge is -2.21. The second-order valence-corrected chi connectivity index (χ2v) is 7.84. The molecule has 1 aromatic heterocycles. The highest BCUT2D eigenvalue weighted by Crippen LogP contribution is 2.31. The molecule has 1 atom stereocenters. The van der Waals surface area contributed by atoms with Crippen molar-refractivity contribution >= 4 is 23.4 Å². The molecular formula is C20H21N5O2S. The van der Waals surface area contributed by atoms with Crippen molar-refractivity contribution < 1.29 is 9.53 Å². The second-order valence-electron chi connectivity index (χ2n) is 6.53. The molecule has 2 N–H and O–H groups in total. The number of aromatic nitrogens is 3. The largest absolute Gasteiger partial charge is 0.497 e. The number of para-hydroxylation sites is 1. The van der Waals surface area contributed by atoms with E-state index in [4.69, 9.17) is 10.6 Å². The summed E-state index contributed by atoms with van der Waals surface area (Å²) in [5, 5.41) is 8.53. The number of carbonyl (C=O) groups is 1. The van der Waals surface area contributed by atoms with Crippen molar-refractivity contribution in [1.29, 1.82) is 0 Å². The van der Waals surface area contributed by atoms with Gasteiger partial charge in [0.15, 0.2) is 5.82 Å². The first-order chi connectivity index (χ1) is 13.6. The number of ether oxygens (including phenoxy) is 1. The van der Waals surface area contributed by atoms with Gasteiger partial charge in [-0.25, -0.2) is 4.68 Å². The van der Waals surface area contributed by atoms with Crippen LogP contribution in [0.4, 0.5) is 5.69 Å². The molecule has 0 radical (unpaired) electrons. The third-order valence-electron chi connectivity index (χ3n) is 4.80. The minimum atomic E-state index is -0.332. The number of hydrogen-bond donors (Lipinski definition) is 1. The molecule has 0 aliphatic carbocycles. The Balaban J connectivity index is 1.50. The number of methoxy groups -OCH3 is 1. The van der Waals surface area contributed by atoms with Crippen molar-refractivity contribution in [3.8, 4) is 17.1 Å². The van der Waals surface area contributed by atoms with Crippen LogP contribution in [0, 0.1) is 0 Å². The molecule has 2 aromatic carbocycles. The third-order valence-corrected chi connectivity index (χ3v) is 5.84. The SMILES string of the molecule is COc1ccc(-c2nnc(SC(C)C(=O)N3CCc4ccccc43)n2N)cc1. The summed E-state index contributed by atoms with van der Waals surface area (Å²) in [5.74, 6) is 7.54. The van der Waals surface area contributed by atoms with Crippen LogP contribution in [0.5, 0.6) is 5.75 Å².